The quantitative estimate of drug-likeness (QED) is 0.355. The van der Waals surface area contributed by atoms with Gasteiger partial charge in [-0.15, -0.1) is 0 Å². The number of nitrogens with one attached hydrogen (secondary N) is 2. The topological polar surface area (TPSA) is 80.1 Å². The molecular formula is C26H27ClFN7O. The van der Waals surface area contributed by atoms with E-state index in [4.69, 9.17) is 26.3 Å². The van der Waals surface area contributed by atoms with Gasteiger partial charge in [-0.2, -0.15) is 4.98 Å². The summed E-state index contributed by atoms with van der Waals surface area (Å²) in [5.41, 5.74) is 4.55. The Bertz CT molecular complexity index is 1380. The standard InChI is InChI=1S/C26H27ClFN7O/c1-4-29-25-19-11-12-34(2)24(16-5-7-17(28)8-6-16)23(19)32-26(33-25)31-18-9-10-20(21(13-18)36-3)35-14-22(27)30-15-35/h5-10,13-15,24H,4,11-12H2,1-3H3,(H2,29,31,32,33). The number of halogens is 2. The van der Waals surface area contributed by atoms with Gasteiger partial charge < -0.3 is 19.9 Å². The third-order valence-electron chi connectivity index (χ3n) is 6.25. The van der Waals surface area contributed by atoms with E-state index in [2.05, 4.69) is 27.6 Å². The summed E-state index contributed by atoms with van der Waals surface area (Å²) in [5, 5.41) is 7.13. The number of hydrogen-bond donors (Lipinski definition) is 2. The zero-order valence-corrected chi connectivity index (χ0v) is 21.1. The Morgan fingerprint density at radius 2 is 1.97 bits per heavy atom. The zero-order chi connectivity index (χ0) is 25.2. The van der Waals surface area contributed by atoms with Crippen LogP contribution in [0, 0.1) is 5.82 Å². The van der Waals surface area contributed by atoms with E-state index in [1.807, 2.05) is 37.3 Å². The maximum absolute atomic E-state index is 13.6. The average molecular weight is 508 g/mol. The predicted octanol–water partition coefficient (Wildman–Crippen LogP) is 5.22. The van der Waals surface area contributed by atoms with Gasteiger partial charge in [-0.05, 0) is 50.2 Å². The molecule has 1 aliphatic heterocycles. The van der Waals surface area contributed by atoms with Crippen molar-refractivity contribution in [2.24, 2.45) is 0 Å². The fourth-order valence-electron chi connectivity index (χ4n) is 4.56. The molecule has 1 unspecified atom stereocenters. The second-order valence-corrected chi connectivity index (χ2v) is 8.98. The largest absolute Gasteiger partial charge is 0.494 e. The van der Waals surface area contributed by atoms with Crippen molar-refractivity contribution in [3.63, 3.8) is 0 Å². The molecule has 0 saturated carbocycles. The lowest BCUT2D eigenvalue weighted by atomic mass is 9.93. The first kappa shape index (κ1) is 24.0. The number of benzene rings is 2. The van der Waals surface area contributed by atoms with Crippen LogP contribution in [0.2, 0.25) is 5.15 Å². The monoisotopic (exact) mass is 507 g/mol. The second-order valence-electron chi connectivity index (χ2n) is 8.59. The first-order valence-electron chi connectivity index (χ1n) is 11.7. The van der Waals surface area contributed by atoms with Crippen molar-refractivity contribution in [2.75, 3.05) is 37.9 Å². The molecule has 36 heavy (non-hydrogen) atoms. The van der Waals surface area contributed by atoms with E-state index in [0.29, 0.717) is 16.9 Å². The normalized spacial score (nSPS) is 15.4. The van der Waals surface area contributed by atoms with E-state index in [1.165, 1.54) is 12.1 Å². The van der Waals surface area contributed by atoms with Gasteiger partial charge in [-0.1, -0.05) is 23.7 Å². The number of nitrogens with zero attached hydrogens (tertiary/aromatic N) is 5. The highest BCUT2D eigenvalue weighted by Crippen LogP contribution is 2.37. The Hall–Kier alpha value is -3.69. The van der Waals surface area contributed by atoms with Gasteiger partial charge in [0.15, 0.2) is 0 Å². The molecule has 5 rings (SSSR count). The van der Waals surface area contributed by atoms with Crippen LogP contribution in [0.5, 0.6) is 5.75 Å². The minimum Gasteiger partial charge on any atom is -0.494 e. The molecule has 0 fully saturated rings. The van der Waals surface area contributed by atoms with Gasteiger partial charge in [-0.25, -0.2) is 14.4 Å². The van der Waals surface area contributed by atoms with Crippen molar-refractivity contribution < 1.29 is 9.13 Å². The Kier molecular flexibility index (Phi) is 6.75. The number of fused-ring (bicyclic) bond motifs is 1. The van der Waals surface area contributed by atoms with Crippen LogP contribution < -0.4 is 15.4 Å². The molecule has 0 spiro atoms. The van der Waals surface area contributed by atoms with Gasteiger partial charge >= 0.3 is 0 Å². The van der Waals surface area contributed by atoms with Crippen molar-refractivity contribution in [1.82, 2.24) is 24.4 Å². The summed E-state index contributed by atoms with van der Waals surface area (Å²) in [7, 11) is 3.67. The molecule has 4 aromatic rings. The number of aromatic nitrogens is 4. The average Bonchev–Trinajstić information content (AvgIpc) is 3.31. The predicted molar refractivity (Wildman–Crippen MR) is 139 cm³/mol. The van der Waals surface area contributed by atoms with Crippen LogP contribution in [-0.2, 0) is 6.42 Å². The van der Waals surface area contributed by atoms with Crippen molar-refractivity contribution in [3.05, 3.63) is 82.8 Å². The molecule has 0 bridgehead atoms. The van der Waals surface area contributed by atoms with E-state index >= 15 is 0 Å². The van der Waals surface area contributed by atoms with E-state index in [0.717, 1.165) is 53.5 Å². The molecular weight excluding hydrogens is 481 g/mol. The number of rotatable bonds is 7. The van der Waals surface area contributed by atoms with Crippen LogP contribution in [0.15, 0.2) is 55.0 Å². The molecule has 0 saturated heterocycles. The summed E-state index contributed by atoms with van der Waals surface area (Å²) in [6.07, 6.45) is 4.17. The molecule has 1 atom stereocenters. The zero-order valence-electron chi connectivity index (χ0n) is 20.3. The number of ether oxygens (including phenoxy) is 1. The van der Waals surface area contributed by atoms with E-state index in [1.54, 1.807) is 24.2 Å². The molecule has 3 heterocycles. The highest BCUT2D eigenvalue weighted by atomic mass is 35.5. The van der Waals surface area contributed by atoms with E-state index in [-0.39, 0.29) is 11.9 Å². The van der Waals surface area contributed by atoms with Gasteiger partial charge in [0.1, 0.15) is 28.9 Å². The lowest BCUT2D eigenvalue weighted by Gasteiger charge is -2.35. The van der Waals surface area contributed by atoms with Gasteiger partial charge in [0.05, 0.1) is 24.5 Å². The molecule has 2 N–H and O–H groups in total. The smallest absolute Gasteiger partial charge is 0.229 e. The Labute approximate surface area is 214 Å². The fraction of sp³-hybridized carbons (Fsp3) is 0.269. The van der Waals surface area contributed by atoms with Gasteiger partial charge in [0.25, 0.3) is 0 Å². The minimum absolute atomic E-state index is 0.113. The highest BCUT2D eigenvalue weighted by Gasteiger charge is 2.31. The summed E-state index contributed by atoms with van der Waals surface area (Å²) >= 11 is 5.99. The van der Waals surface area contributed by atoms with Gasteiger partial charge in [-0.3, -0.25) is 4.90 Å². The molecule has 8 nitrogen and oxygen atoms in total. The maximum Gasteiger partial charge on any atom is 0.229 e. The summed E-state index contributed by atoms with van der Waals surface area (Å²) in [6.45, 7) is 3.62. The van der Waals surface area contributed by atoms with Crippen LogP contribution in [0.3, 0.4) is 0 Å². The van der Waals surface area contributed by atoms with E-state index < -0.39 is 0 Å². The van der Waals surface area contributed by atoms with Crippen LogP contribution in [-0.4, -0.2) is 51.7 Å². The van der Waals surface area contributed by atoms with Crippen molar-refractivity contribution in [2.45, 2.75) is 19.4 Å². The number of hydrogen-bond acceptors (Lipinski definition) is 7. The molecule has 186 valence electrons. The Morgan fingerprint density at radius 3 is 2.67 bits per heavy atom. The molecule has 1 aliphatic rings. The number of likely N-dealkylation sites (N-methyl/N-ethyl adjacent to an activating group) is 1. The van der Waals surface area contributed by atoms with Crippen LogP contribution in [0.25, 0.3) is 5.69 Å². The van der Waals surface area contributed by atoms with Crippen LogP contribution in [0.1, 0.15) is 29.8 Å². The maximum atomic E-state index is 13.6. The molecule has 2 aromatic carbocycles. The van der Waals surface area contributed by atoms with Crippen molar-refractivity contribution >= 4 is 29.1 Å². The lowest BCUT2D eigenvalue weighted by molar-refractivity contribution is 0.259. The first-order valence-corrected chi connectivity index (χ1v) is 12.1. The fourth-order valence-corrected chi connectivity index (χ4v) is 4.70. The SMILES string of the molecule is CCNc1nc(Nc2ccc(-n3cnc(Cl)c3)c(OC)c2)nc2c1CCN(C)C2c1ccc(F)cc1. The van der Waals surface area contributed by atoms with E-state index in [9.17, 15) is 4.39 Å². The molecule has 0 amide bonds. The summed E-state index contributed by atoms with van der Waals surface area (Å²) in [6, 6.07) is 12.2. The number of anilines is 3. The lowest BCUT2D eigenvalue weighted by Crippen LogP contribution is -2.34. The molecule has 10 heteroatoms. The molecule has 0 radical (unpaired) electrons. The van der Waals surface area contributed by atoms with Crippen LogP contribution in [0.4, 0.5) is 21.8 Å². The van der Waals surface area contributed by atoms with Gasteiger partial charge in [0, 0.05) is 36.6 Å². The first-order chi connectivity index (χ1) is 17.5. The second kappa shape index (κ2) is 10.1. The summed E-state index contributed by atoms with van der Waals surface area (Å²) in [4.78, 5) is 16.1. The van der Waals surface area contributed by atoms with Crippen LogP contribution >= 0.6 is 11.6 Å². The highest BCUT2D eigenvalue weighted by molar-refractivity contribution is 6.29. The number of methoxy groups -OCH3 is 1. The third kappa shape index (κ3) is 4.72. The molecule has 2 aromatic heterocycles. The summed E-state index contributed by atoms with van der Waals surface area (Å²) < 4.78 is 21.1. The third-order valence-corrected chi connectivity index (χ3v) is 6.44. The Balaban J connectivity index is 1.53. The van der Waals surface area contributed by atoms with Crippen molar-refractivity contribution in [1.29, 1.82) is 0 Å². The number of imidazole rings is 1. The summed E-state index contributed by atoms with van der Waals surface area (Å²) in [5.74, 6) is 1.66. The van der Waals surface area contributed by atoms with Crippen molar-refractivity contribution in [3.8, 4) is 11.4 Å². The van der Waals surface area contributed by atoms with Gasteiger partial charge in [0.2, 0.25) is 5.95 Å². The Morgan fingerprint density at radius 1 is 1.17 bits per heavy atom. The minimum atomic E-state index is -0.258. The molecule has 0 aliphatic carbocycles.